The van der Waals surface area contributed by atoms with E-state index in [4.69, 9.17) is 9.97 Å². The average Bonchev–Trinajstić information content (AvgIpc) is 3.46. The minimum atomic E-state index is 0.594. The summed E-state index contributed by atoms with van der Waals surface area (Å²) < 4.78 is 3.96. The van der Waals surface area contributed by atoms with E-state index in [0.29, 0.717) is 5.95 Å². The molecule has 0 aliphatic carbocycles. The third kappa shape index (κ3) is 2.30. The third-order valence-electron chi connectivity index (χ3n) is 5.38. The molecule has 0 atom stereocenters. The molecule has 0 spiro atoms. The van der Waals surface area contributed by atoms with Crippen molar-refractivity contribution in [2.45, 2.75) is 6.92 Å². The van der Waals surface area contributed by atoms with Crippen LogP contribution in [-0.2, 0) is 7.05 Å². The van der Waals surface area contributed by atoms with Gasteiger partial charge in [-0.05, 0) is 36.8 Å². The van der Waals surface area contributed by atoms with Gasteiger partial charge < -0.3 is 9.55 Å². The molecule has 1 N–H and O–H groups in total. The van der Waals surface area contributed by atoms with E-state index in [1.165, 1.54) is 0 Å². The number of nitrogens with zero attached hydrogens (tertiary/aromatic N) is 6. The van der Waals surface area contributed by atoms with Gasteiger partial charge in [-0.2, -0.15) is 4.98 Å². The van der Waals surface area contributed by atoms with Crippen molar-refractivity contribution in [3.63, 3.8) is 0 Å². The maximum atomic E-state index is 4.95. The summed E-state index contributed by atoms with van der Waals surface area (Å²) in [6.07, 6.45) is 7.54. The summed E-state index contributed by atoms with van der Waals surface area (Å²) in [5.41, 5.74) is 6.62. The molecule has 0 aliphatic rings. The number of aromatic amines is 1. The van der Waals surface area contributed by atoms with Gasteiger partial charge in [-0.15, -0.1) is 0 Å². The number of aryl methyl sites for hydroxylation is 2. The molecule has 6 rings (SSSR count). The Labute approximate surface area is 165 Å². The highest BCUT2D eigenvalue weighted by Crippen LogP contribution is 2.29. The maximum absolute atomic E-state index is 4.95. The number of hydrogen-bond acceptors (Lipinski definition) is 4. The van der Waals surface area contributed by atoms with Crippen LogP contribution in [0, 0.1) is 6.92 Å². The van der Waals surface area contributed by atoms with Crippen LogP contribution in [0.25, 0.3) is 50.3 Å². The summed E-state index contributed by atoms with van der Waals surface area (Å²) in [4.78, 5) is 22.1. The Hall–Kier alpha value is -4.00. The predicted molar refractivity (Wildman–Crippen MR) is 113 cm³/mol. The maximum Gasteiger partial charge on any atom is 0.238 e. The van der Waals surface area contributed by atoms with Gasteiger partial charge in [0.1, 0.15) is 17.6 Å². The fraction of sp³-hybridized carbons (Fsp3) is 0.0909. The first-order valence-electron chi connectivity index (χ1n) is 9.39. The molecular formula is C22H17N7. The van der Waals surface area contributed by atoms with Gasteiger partial charge in [-0.1, -0.05) is 12.1 Å². The third-order valence-corrected chi connectivity index (χ3v) is 5.38. The van der Waals surface area contributed by atoms with E-state index in [-0.39, 0.29) is 0 Å². The summed E-state index contributed by atoms with van der Waals surface area (Å²) >= 11 is 0. The van der Waals surface area contributed by atoms with Gasteiger partial charge in [-0.25, -0.2) is 15.0 Å². The van der Waals surface area contributed by atoms with Crippen molar-refractivity contribution in [2.75, 3.05) is 0 Å². The molecule has 5 heterocycles. The molecule has 0 fully saturated rings. The van der Waals surface area contributed by atoms with Crippen LogP contribution >= 0.6 is 0 Å². The summed E-state index contributed by atoms with van der Waals surface area (Å²) in [5, 5.41) is 2.05. The number of benzene rings is 1. The fourth-order valence-electron chi connectivity index (χ4n) is 3.87. The summed E-state index contributed by atoms with van der Waals surface area (Å²) in [5.74, 6) is 0.594. The van der Waals surface area contributed by atoms with Gasteiger partial charge in [-0.3, -0.25) is 4.57 Å². The molecule has 140 valence electrons. The Bertz CT molecular complexity index is 1530. The molecule has 0 aliphatic heterocycles. The first-order chi connectivity index (χ1) is 14.2. The zero-order valence-electron chi connectivity index (χ0n) is 16.0. The lowest BCUT2D eigenvalue weighted by atomic mass is 10.1. The van der Waals surface area contributed by atoms with Crippen LogP contribution in [0.3, 0.4) is 0 Å². The Morgan fingerprint density at radius 3 is 2.90 bits per heavy atom. The highest BCUT2D eigenvalue weighted by Gasteiger charge is 2.16. The average molecular weight is 379 g/mol. The minimum Gasteiger partial charge on any atom is -0.346 e. The molecule has 0 unspecified atom stereocenters. The number of nitrogens with one attached hydrogen (secondary N) is 1. The van der Waals surface area contributed by atoms with Crippen molar-refractivity contribution < 1.29 is 0 Å². The lowest BCUT2D eigenvalue weighted by Gasteiger charge is -2.09. The molecule has 7 nitrogen and oxygen atoms in total. The van der Waals surface area contributed by atoms with Crippen molar-refractivity contribution in [3.8, 4) is 17.2 Å². The lowest BCUT2D eigenvalue weighted by Crippen LogP contribution is -2.03. The smallest absolute Gasteiger partial charge is 0.238 e. The van der Waals surface area contributed by atoms with Crippen LogP contribution < -0.4 is 0 Å². The quantitative estimate of drug-likeness (QED) is 0.490. The van der Waals surface area contributed by atoms with Gasteiger partial charge in [0.05, 0.1) is 16.7 Å². The standard InChI is InChI=1S/C22H17N7/c1-13-4-3-5-17-18(13)25-12-29(17)22-26-19(16-7-9-28(2)21(16)27-22)15-10-14-6-8-23-20(14)24-11-15/h3-12H,1-2H3,(H,23,24). The van der Waals surface area contributed by atoms with E-state index in [0.717, 1.165) is 49.9 Å². The van der Waals surface area contributed by atoms with E-state index >= 15 is 0 Å². The number of pyridine rings is 1. The SMILES string of the molecule is Cc1cccc2c1ncn2-c1nc(-c2cnc3[nH]ccc3c2)c2ccn(C)c2n1. The molecule has 29 heavy (non-hydrogen) atoms. The van der Waals surface area contributed by atoms with Gasteiger partial charge in [0.2, 0.25) is 5.95 Å². The summed E-state index contributed by atoms with van der Waals surface area (Å²) in [6.45, 7) is 2.06. The molecule has 0 saturated heterocycles. The van der Waals surface area contributed by atoms with Crippen LogP contribution in [0.4, 0.5) is 0 Å². The van der Waals surface area contributed by atoms with Gasteiger partial charge in [0.15, 0.2) is 0 Å². The van der Waals surface area contributed by atoms with E-state index in [1.54, 1.807) is 6.33 Å². The first kappa shape index (κ1) is 16.0. The Kier molecular flexibility index (Phi) is 3.17. The van der Waals surface area contributed by atoms with Crippen LogP contribution in [0.1, 0.15) is 5.56 Å². The number of imidazole rings is 1. The first-order valence-corrected chi connectivity index (χ1v) is 9.39. The van der Waals surface area contributed by atoms with Crippen molar-refractivity contribution in [3.05, 3.63) is 66.9 Å². The second kappa shape index (κ2) is 5.75. The molecule has 0 bridgehead atoms. The molecular weight excluding hydrogens is 362 g/mol. The van der Waals surface area contributed by atoms with Crippen LogP contribution in [0.5, 0.6) is 0 Å². The Morgan fingerprint density at radius 2 is 1.97 bits per heavy atom. The molecule has 1 aromatic carbocycles. The number of rotatable bonds is 2. The molecule has 6 aromatic rings. The normalized spacial score (nSPS) is 11.8. The minimum absolute atomic E-state index is 0.594. The van der Waals surface area contributed by atoms with E-state index in [2.05, 4.69) is 34.0 Å². The van der Waals surface area contributed by atoms with Crippen molar-refractivity contribution >= 4 is 33.1 Å². The number of hydrogen-bond donors (Lipinski definition) is 1. The largest absolute Gasteiger partial charge is 0.346 e. The molecule has 0 radical (unpaired) electrons. The highest BCUT2D eigenvalue weighted by atomic mass is 15.2. The zero-order chi connectivity index (χ0) is 19.5. The van der Waals surface area contributed by atoms with Gasteiger partial charge in [0.25, 0.3) is 0 Å². The van der Waals surface area contributed by atoms with Crippen LogP contribution in [0.15, 0.2) is 61.3 Å². The predicted octanol–water partition coefficient (Wildman–Crippen LogP) is 4.16. The lowest BCUT2D eigenvalue weighted by molar-refractivity contribution is 0.912. The molecule has 0 amide bonds. The number of H-pyrrole nitrogens is 1. The van der Waals surface area contributed by atoms with Crippen molar-refractivity contribution in [2.24, 2.45) is 7.05 Å². The number of para-hydroxylation sites is 1. The second-order valence-electron chi connectivity index (χ2n) is 7.23. The monoisotopic (exact) mass is 379 g/mol. The van der Waals surface area contributed by atoms with Crippen molar-refractivity contribution in [1.82, 2.24) is 34.1 Å². The highest BCUT2D eigenvalue weighted by molar-refractivity contribution is 5.94. The molecule has 7 heteroatoms. The van der Waals surface area contributed by atoms with Crippen LogP contribution in [-0.4, -0.2) is 34.1 Å². The fourth-order valence-corrected chi connectivity index (χ4v) is 3.87. The summed E-state index contributed by atoms with van der Waals surface area (Å²) in [7, 11) is 1.99. The van der Waals surface area contributed by atoms with E-state index in [9.17, 15) is 0 Å². The number of aromatic nitrogens is 7. The Balaban J connectivity index is 1.66. The van der Waals surface area contributed by atoms with Crippen LogP contribution in [0.2, 0.25) is 0 Å². The molecule has 5 aromatic heterocycles. The van der Waals surface area contributed by atoms with Gasteiger partial charge in [0, 0.05) is 42.0 Å². The zero-order valence-corrected chi connectivity index (χ0v) is 16.0. The van der Waals surface area contributed by atoms with E-state index < -0.39 is 0 Å². The summed E-state index contributed by atoms with van der Waals surface area (Å²) in [6, 6.07) is 12.3. The van der Waals surface area contributed by atoms with E-state index in [1.807, 2.05) is 59.0 Å². The van der Waals surface area contributed by atoms with Gasteiger partial charge >= 0.3 is 0 Å². The second-order valence-corrected chi connectivity index (χ2v) is 7.23. The number of fused-ring (bicyclic) bond motifs is 3. The van der Waals surface area contributed by atoms with Crippen molar-refractivity contribution in [1.29, 1.82) is 0 Å². The Morgan fingerprint density at radius 1 is 1.03 bits per heavy atom. The topological polar surface area (TPSA) is 77.2 Å². The molecule has 0 saturated carbocycles.